The molecular weight excluding hydrogens is 314 g/mol. The minimum atomic E-state index is -0.103. The van der Waals surface area contributed by atoms with E-state index in [0.29, 0.717) is 13.0 Å². The third-order valence-electron chi connectivity index (χ3n) is 4.43. The topological polar surface area (TPSA) is 75.6 Å². The molecular formula is C19H25N5O. The average Bonchev–Trinajstić information content (AvgIpc) is 3.23. The maximum absolute atomic E-state index is 12.4. The summed E-state index contributed by atoms with van der Waals surface area (Å²) < 4.78 is 2.03. The van der Waals surface area contributed by atoms with E-state index < -0.39 is 0 Å². The average molecular weight is 339 g/mol. The molecule has 0 saturated heterocycles. The van der Waals surface area contributed by atoms with E-state index in [9.17, 15) is 4.79 Å². The number of imidazole rings is 2. The van der Waals surface area contributed by atoms with Crippen molar-refractivity contribution in [2.24, 2.45) is 0 Å². The fraction of sp³-hybridized carbons (Fsp3) is 0.421. The molecule has 1 atom stereocenters. The van der Waals surface area contributed by atoms with Gasteiger partial charge in [0, 0.05) is 31.8 Å². The zero-order chi connectivity index (χ0) is 17.8. The molecule has 0 radical (unpaired) electrons. The molecule has 0 aliphatic heterocycles. The van der Waals surface area contributed by atoms with Gasteiger partial charge in [0.05, 0.1) is 17.1 Å². The first kappa shape index (κ1) is 17.2. The molecule has 0 aliphatic carbocycles. The van der Waals surface area contributed by atoms with Gasteiger partial charge in [0.1, 0.15) is 11.6 Å². The van der Waals surface area contributed by atoms with E-state index in [0.717, 1.165) is 35.5 Å². The number of amides is 1. The monoisotopic (exact) mass is 339 g/mol. The van der Waals surface area contributed by atoms with Crippen molar-refractivity contribution in [1.82, 2.24) is 24.8 Å². The molecule has 0 spiro atoms. The highest BCUT2D eigenvalue weighted by molar-refractivity contribution is 5.78. The van der Waals surface area contributed by atoms with Gasteiger partial charge >= 0.3 is 0 Å². The predicted molar refractivity (Wildman–Crippen MR) is 98.2 cm³/mol. The Morgan fingerprint density at radius 2 is 2.20 bits per heavy atom. The molecule has 1 aromatic carbocycles. The summed E-state index contributed by atoms with van der Waals surface area (Å²) in [6.07, 6.45) is 5.78. The number of aryl methyl sites for hydroxylation is 3. The van der Waals surface area contributed by atoms with Crippen LogP contribution in [0.3, 0.4) is 0 Å². The Kier molecular flexibility index (Phi) is 5.16. The van der Waals surface area contributed by atoms with Crippen molar-refractivity contribution in [1.29, 1.82) is 0 Å². The zero-order valence-electron chi connectivity index (χ0n) is 15.0. The lowest BCUT2D eigenvalue weighted by molar-refractivity contribution is -0.122. The zero-order valence-corrected chi connectivity index (χ0v) is 15.0. The minimum absolute atomic E-state index is 0.0271. The molecule has 2 heterocycles. The van der Waals surface area contributed by atoms with Crippen LogP contribution in [0.2, 0.25) is 0 Å². The van der Waals surface area contributed by atoms with E-state index in [2.05, 4.69) is 47.1 Å². The molecule has 2 aromatic heterocycles. The van der Waals surface area contributed by atoms with Gasteiger partial charge in [-0.3, -0.25) is 4.79 Å². The summed E-state index contributed by atoms with van der Waals surface area (Å²) in [7, 11) is 0. The molecule has 3 aromatic rings. The summed E-state index contributed by atoms with van der Waals surface area (Å²) in [5, 5.41) is 3.09. The maximum atomic E-state index is 12.4. The van der Waals surface area contributed by atoms with E-state index in [1.807, 2.05) is 22.9 Å². The number of carbonyl (C=O) groups is 1. The van der Waals surface area contributed by atoms with Crippen LogP contribution < -0.4 is 5.32 Å². The Labute approximate surface area is 147 Å². The van der Waals surface area contributed by atoms with Gasteiger partial charge in [0.25, 0.3) is 0 Å². The Bertz CT molecular complexity index is 864. The number of hydrogen-bond donors (Lipinski definition) is 2. The lowest BCUT2D eigenvalue weighted by Crippen LogP contribution is -2.29. The maximum Gasteiger partial charge on any atom is 0.222 e. The lowest BCUT2D eigenvalue weighted by atomic mass is 10.2. The minimum Gasteiger partial charge on any atom is -0.346 e. The molecule has 3 rings (SSSR count). The van der Waals surface area contributed by atoms with Crippen LogP contribution in [0.4, 0.5) is 0 Å². The van der Waals surface area contributed by atoms with Crippen LogP contribution in [0.1, 0.15) is 49.9 Å². The molecule has 25 heavy (non-hydrogen) atoms. The van der Waals surface area contributed by atoms with Crippen LogP contribution in [-0.4, -0.2) is 25.4 Å². The van der Waals surface area contributed by atoms with Crippen molar-refractivity contribution >= 4 is 16.9 Å². The molecule has 2 N–H and O–H groups in total. The van der Waals surface area contributed by atoms with Crippen LogP contribution in [0.15, 0.2) is 30.6 Å². The SMILES string of the molecule is CCc1nccn1CCC(=O)NC(CC)c1nc2ccc(C)cc2[nH]1. The highest BCUT2D eigenvalue weighted by Crippen LogP contribution is 2.19. The van der Waals surface area contributed by atoms with E-state index >= 15 is 0 Å². The smallest absolute Gasteiger partial charge is 0.222 e. The summed E-state index contributed by atoms with van der Waals surface area (Å²) in [5.74, 6) is 1.85. The van der Waals surface area contributed by atoms with E-state index in [4.69, 9.17) is 0 Å². The number of nitrogens with one attached hydrogen (secondary N) is 2. The highest BCUT2D eigenvalue weighted by Gasteiger charge is 2.17. The van der Waals surface area contributed by atoms with Crippen LogP contribution in [0, 0.1) is 6.92 Å². The highest BCUT2D eigenvalue weighted by atomic mass is 16.1. The van der Waals surface area contributed by atoms with Crippen LogP contribution in [-0.2, 0) is 17.8 Å². The Hall–Kier alpha value is -2.63. The van der Waals surface area contributed by atoms with Gasteiger partial charge in [-0.1, -0.05) is 19.9 Å². The Morgan fingerprint density at radius 1 is 1.36 bits per heavy atom. The molecule has 0 aliphatic rings. The number of H-pyrrole nitrogens is 1. The van der Waals surface area contributed by atoms with Gasteiger partial charge in [-0.05, 0) is 31.0 Å². The van der Waals surface area contributed by atoms with Gasteiger partial charge < -0.3 is 14.9 Å². The number of rotatable bonds is 7. The molecule has 0 bridgehead atoms. The van der Waals surface area contributed by atoms with E-state index in [1.165, 1.54) is 5.56 Å². The van der Waals surface area contributed by atoms with Crippen molar-refractivity contribution in [2.45, 2.75) is 52.6 Å². The van der Waals surface area contributed by atoms with Crippen LogP contribution >= 0.6 is 0 Å². The molecule has 6 heteroatoms. The van der Waals surface area contributed by atoms with Crippen molar-refractivity contribution in [2.75, 3.05) is 0 Å². The van der Waals surface area contributed by atoms with E-state index in [-0.39, 0.29) is 11.9 Å². The molecule has 1 amide bonds. The summed E-state index contributed by atoms with van der Waals surface area (Å²) in [5.41, 5.74) is 3.12. The standard InChI is InChI=1S/C19H25N5O/c1-4-14(19-22-15-7-6-13(3)12-16(15)23-19)21-18(25)8-10-24-11-9-20-17(24)5-2/h6-7,9,11-12,14H,4-5,8,10H2,1-3H3,(H,21,25)(H,22,23). The molecule has 1 unspecified atom stereocenters. The van der Waals surface area contributed by atoms with E-state index in [1.54, 1.807) is 6.20 Å². The van der Waals surface area contributed by atoms with Gasteiger partial charge in [-0.15, -0.1) is 0 Å². The largest absolute Gasteiger partial charge is 0.346 e. The van der Waals surface area contributed by atoms with Gasteiger partial charge in [0.2, 0.25) is 5.91 Å². The number of nitrogens with zero attached hydrogens (tertiary/aromatic N) is 3. The van der Waals surface area contributed by atoms with Gasteiger partial charge in [-0.2, -0.15) is 0 Å². The van der Waals surface area contributed by atoms with Crippen LogP contribution in [0.25, 0.3) is 11.0 Å². The number of carbonyl (C=O) groups excluding carboxylic acids is 1. The van der Waals surface area contributed by atoms with Crippen molar-refractivity contribution in [3.63, 3.8) is 0 Å². The van der Waals surface area contributed by atoms with Gasteiger partial charge in [-0.25, -0.2) is 9.97 Å². The lowest BCUT2D eigenvalue weighted by Gasteiger charge is -2.15. The Balaban J connectivity index is 1.65. The van der Waals surface area contributed by atoms with Crippen molar-refractivity contribution < 1.29 is 4.79 Å². The third kappa shape index (κ3) is 3.90. The second-order valence-corrected chi connectivity index (χ2v) is 6.31. The number of aromatic nitrogens is 4. The second-order valence-electron chi connectivity index (χ2n) is 6.31. The summed E-state index contributed by atoms with van der Waals surface area (Å²) in [6, 6.07) is 6.02. The fourth-order valence-electron chi connectivity index (χ4n) is 3.02. The fourth-order valence-corrected chi connectivity index (χ4v) is 3.02. The number of hydrogen-bond acceptors (Lipinski definition) is 3. The van der Waals surface area contributed by atoms with Crippen LogP contribution in [0.5, 0.6) is 0 Å². The Morgan fingerprint density at radius 3 is 2.96 bits per heavy atom. The molecule has 0 saturated carbocycles. The number of benzene rings is 1. The first-order chi connectivity index (χ1) is 12.1. The molecule has 0 fully saturated rings. The quantitative estimate of drug-likeness (QED) is 0.693. The van der Waals surface area contributed by atoms with Crippen molar-refractivity contribution in [3.05, 3.63) is 47.8 Å². The predicted octanol–water partition coefficient (Wildman–Crippen LogP) is 3.29. The number of aromatic amines is 1. The molecule has 6 nitrogen and oxygen atoms in total. The summed E-state index contributed by atoms with van der Waals surface area (Å²) in [6.45, 7) is 6.81. The summed E-state index contributed by atoms with van der Waals surface area (Å²) >= 11 is 0. The normalized spacial score (nSPS) is 12.4. The first-order valence-corrected chi connectivity index (χ1v) is 8.86. The van der Waals surface area contributed by atoms with Crippen molar-refractivity contribution in [3.8, 4) is 0 Å². The first-order valence-electron chi connectivity index (χ1n) is 8.86. The van der Waals surface area contributed by atoms with Gasteiger partial charge in [0.15, 0.2) is 0 Å². The molecule has 132 valence electrons. The summed E-state index contributed by atoms with van der Waals surface area (Å²) in [4.78, 5) is 24.6. The second kappa shape index (κ2) is 7.51. The number of fused-ring (bicyclic) bond motifs is 1. The third-order valence-corrected chi connectivity index (χ3v) is 4.43.